The smallest absolute Gasteiger partial charge is 0.123 e. The van der Waals surface area contributed by atoms with Gasteiger partial charge in [0.2, 0.25) is 0 Å². The molecule has 2 unspecified atom stereocenters. The molecule has 4 aliphatic carbocycles. The third-order valence-electron chi connectivity index (χ3n) is 24.7. The van der Waals surface area contributed by atoms with Crippen LogP contribution in [-0.2, 0) is 29.5 Å². The standard InChI is InChI=1S/C109H80F2N2O2/c1-7-73-29-33-75(34-30-73)67-114-87-53-37-77(38-54-87)107(101-61-69(3)25-27-71(101)5)97-21-13-9-17-89(97)93-57-49-83(63-103(93)107)112(81-45-41-79(110)42-46-81)85-51-59-95-91-19-11-15-23-99(91)109(105(95)65-85)100-24-16-12-20-92(100)96-60-52-86(66-106(96)109)113(82-47-43-80(111)44-48-82)84-50-58-94-90-18-10-14-22-98(90)108(104(94)64-84,102-62-70(4)26-28-72(102)6)78-39-55-88(56-40-78)115-68-76-35-31-74(8-2)32-36-76/h7-66H,1-2,67-68H2,3-6H3. The lowest BCUT2D eigenvalue weighted by Gasteiger charge is -2.36. The normalized spacial score (nSPS) is 16.0. The third kappa shape index (κ3) is 11.1. The highest BCUT2D eigenvalue weighted by Gasteiger charge is 2.54. The molecular formula is C109H80F2N2O2. The van der Waals surface area contributed by atoms with Gasteiger partial charge in [0.1, 0.15) is 36.3 Å². The maximum Gasteiger partial charge on any atom is 0.123 e. The molecule has 0 aromatic heterocycles. The van der Waals surface area contributed by atoms with Gasteiger partial charge in [-0.1, -0.05) is 267 Å². The van der Waals surface area contributed by atoms with Crippen LogP contribution in [0.1, 0.15) is 111 Å². The van der Waals surface area contributed by atoms with Gasteiger partial charge in [0.25, 0.3) is 0 Å². The summed E-state index contributed by atoms with van der Waals surface area (Å²) in [6, 6.07) is 125. The highest BCUT2D eigenvalue weighted by atomic mass is 19.1. The van der Waals surface area contributed by atoms with E-state index in [2.05, 4.69) is 354 Å². The molecule has 552 valence electrons. The molecule has 0 fully saturated rings. The van der Waals surface area contributed by atoms with E-state index in [9.17, 15) is 0 Å². The van der Waals surface area contributed by atoms with Gasteiger partial charge in [0, 0.05) is 34.1 Å². The lowest BCUT2D eigenvalue weighted by Crippen LogP contribution is -2.30. The SMILES string of the molecule is C=Cc1ccc(COc2ccc(C3(c4cc(C)ccc4C)c4ccccc4-c4ccc(N(c5ccc(F)cc5)c5ccc6c(c5)C5(c7ccccc7-6)c6ccccc6-c6ccc(N(c7ccc(F)cc7)c7ccc8c(c7)C(c7ccc(OCc9ccc(C=C)cc9)cc7)(c7cc(C)ccc7C)c7ccccc7-8)cc65)cc43)cc2)cc1. The van der Waals surface area contributed by atoms with E-state index in [4.69, 9.17) is 9.47 Å². The summed E-state index contributed by atoms with van der Waals surface area (Å²) in [5.41, 5.74) is 34.7. The van der Waals surface area contributed by atoms with E-state index in [0.29, 0.717) is 13.2 Å². The Kier molecular flexibility index (Phi) is 16.9. The summed E-state index contributed by atoms with van der Waals surface area (Å²) in [5.74, 6) is 0.904. The lowest BCUT2D eigenvalue weighted by atomic mass is 9.66. The summed E-state index contributed by atoms with van der Waals surface area (Å²) in [6.07, 6.45) is 3.71. The van der Waals surface area contributed by atoms with E-state index in [1.807, 2.05) is 36.4 Å². The first kappa shape index (κ1) is 70.2. The number of aryl methyl sites for hydroxylation is 4. The van der Waals surface area contributed by atoms with E-state index < -0.39 is 16.2 Å². The minimum atomic E-state index is -0.861. The van der Waals surface area contributed by atoms with Crippen LogP contribution < -0.4 is 19.3 Å². The lowest BCUT2D eigenvalue weighted by molar-refractivity contribution is 0.306. The molecule has 0 saturated carbocycles. The molecule has 1 spiro atoms. The Labute approximate surface area is 671 Å². The molecule has 0 bridgehead atoms. The van der Waals surface area contributed by atoms with E-state index in [1.165, 1.54) is 44.5 Å². The zero-order valence-corrected chi connectivity index (χ0v) is 64.4. The highest BCUT2D eigenvalue weighted by molar-refractivity contribution is 5.99. The second kappa shape index (κ2) is 27.8. The second-order valence-electron chi connectivity index (χ2n) is 31.1. The number of hydrogen-bond acceptors (Lipinski definition) is 4. The highest BCUT2D eigenvalue weighted by Crippen LogP contribution is 2.66. The molecule has 20 rings (SSSR count). The molecule has 0 amide bonds. The van der Waals surface area contributed by atoms with Gasteiger partial charge in [0.15, 0.2) is 0 Å². The maximum atomic E-state index is 15.7. The minimum Gasteiger partial charge on any atom is -0.489 e. The molecule has 6 heteroatoms. The van der Waals surface area contributed by atoms with Crippen LogP contribution in [0.5, 0.6) is 11.5 Å². The number of ether oxygens (including phenoxy) is 2. The van der Waals surface area contributed by atoms with E-state index in [0.717, 1.165) is 157 Å². The Balaban J connectivity index is 0.757. The molecule has 16 aromatic rings. The monoisotopic (exact) mass is 1490 g/mol. The largest absolute Gasteiger partial charge is 0.489 e. The van der Waals surface area contributed by atoms with Crippen molar-refractivity contribution in [2.75, 3.05) is 9.80 Å². The molecule has 115 heavy (non-hydrogen) atoms. The molecule has 16 aromatic carbocycles. The van der Waals surface area contributed by atoms with E-state index in [-0.39, 0.29) is 11.6 Å². The predicted molar refractivity (Wildman–Crippen MR) is 467 cm³/mol. The van der Waals surface area contributed by atoms with Crippen LogP contribution >= 0.6 is 0 Å². The van der Waals surface area contributed by atoms with E-state index in [1.54, 1.807) is 24.3 Å². The van der Waals surface area contributed by atoms with Crippen molar-refractivity contribution in [3.8, 4) is 56.0 Å². The summed E-state index contributed by atoms with van der Waals surface area (Å²) < 4.78 is 44.5. The van der Waals surface area contributed by atoms with Gasteiger partial charge in [0.05, 0.1) is 16.2 Å². The van der Waals surface area contributed by atoms with Crippen LogP contribution in [0.25, 0.3) is 56.7 Å². The number of benzene rings is 16. The molecular weight excluding hydrogens is 1410 g/mol. The van der Waals surface area contributed by atoms with Crippen molar-refractivity contribution in [1.82, 2.24) is 0 Å². The first-order valence-electron chi connectivity index (χ1n) is 39.5. The first-order chi connectivity index (χ1) is 56.3. The third-order valence-corrected chi connectivity index (χ3v) is 24.7. The second-order valence-corrected chi connectivity index (χ2v) is 31.1. The number of hydrogen-bond donors (Lipinski definition) is 0. The summed E-state index contributed by atoms with van der Waals surface area (Å²) in [4.78, 5) is 4.64. The van der Waals surface area contributed by atoms with Crippen molar-refractivity contribution in [2.45, 2.75) is 57.2 Å². The Morgan fingerprint density at radius 2 is 0.557 bits per heavy atom. The van der Waals surface area contributed by atoms with Crippen LogP contribution in [0.4, 0.5) is 42.9 Å². The minimum absolute atomic E-state index is 0.322. The van der Waals surface area contributed by atoms with Gasteiger partial charge in [-0.15, -0.1) is 0 Å². The van der Waals surface area contributed by atoms with Gasteiger partial charge < -0.3 is 19.3 Å². The Bertz CT molecular complexity index is 6180. The quantitative estimate of drug-likeness (QED) is 0.0855. The summed E-state index contributed by atoms with van der Waals surface area (Å²) in [5, 5.41) is 0. The molecule has 0 radical (unpaired) electrons. The zero-order chi connectivity index (χ0) is 77.8. The van der Waals surface area contributed by atoms with Crippen molar-refractivity contribution in [1.29, 1.82) is 0 Å². The van der Waals surface area contributed by atoms with Crippen LogP contribution in [0.3, 0.4) is 0 Å². The molecule has 0 heterocycles. The van der Waals surface area contributed by atoms with Crippen LogP contribution in [0.2, 0.25) is 0 Å². The number of rotatable bonds is 18. The van der Waals surface area contributed by atoms with Crippen molar-refractivity contribution < 1.29 is 18.3 Å². The van der Waals surface area contributed by atoms with Crippen molar-refractivity contribution in [2.24, 2.45) is 0 Å². The fourth-order valence-electron chi connectivity index (χ4n) is 19.5. The number of halogens is 2. The van der Waals surface area contributed by atoms with Gasteiger partial charge in [-0.2, -0.15) is 0 Å². The predicted octanol–water partition coefficient (Wildman–Crippen LogP) is 27.7. The van der Waals surface area contributed by atoms with Crippen LogP contribution in [0.15, 0.2) is 365 Å². The molecule has 2 atom stereocenters. The van der Waals surface area contributed by atoms with Crippen LogP contribution in [-0.4, -0.2) is 0 Å². The number of anilines is 6. The molecule has 0 N–H and O–H groups in total. The van der Waals surface area contributed by atoms with Gasteiger partial charge >= 0.3 is 0 Å². The Morgan fingerprint density at radius 1 is 0.270 bits per heavy atom. The summed E-state index contributed by atoms with van der Waals surface area (Å²) in [6.45, 7) is 17.6. The summed E-state index contributed by atoms with van der Waals surface area (Å²) in [7, 11) is 0. The van der Waals surface area contributed by atoms with Gasteiger partial charge in [-0.3, -0.25) is 0 Å². The Morgan fingerprint density at radius 3 is 0.878 bits per heavy atom. The van der Waals surface area contributed by atoms with Crippen LogP contribution in [0, 0.1) is 39.3 Å². The van der Waals surface area contributed by atoms with E-state index >= 15 is 8.78 Å². The summed E-state index contributed by atoms with van der Waals surface area (Å²) >= 11 is 0. The fraction of sp³-hybridized carbons (Fsp3) is 0.0826. The fourth-order valence-corrected chi connectivity index (χ4v) is 19.5. The number of nitrogens with zero attached hydrogens (tertiary/aromatic N) is 2. The van der Waals surface area contributed by atoms with Crippen molar-refractivity contribution >= 4 is 46.3 Å². The maximum absolute atomic E-state index is 15.7. The Hall–Kier alpha value is -13.9. The molecule has 4 aliphatic rings. The van der Waals surface area contributed by atoms with Crippen molar-refractivity contribution in [3.05, 3.63) is 488 Å². The van der Waals surface area contributed by atoms with Gasteiger partial charge in [-0.25, -0.2) is 8.78 Å². The first-order valence-corrected chi connectivity index (χ1v) is 39.5. The number of fused-ring (bicyclic) bond motifs is 16. The van der Waals surface area contributed by atoms with Crippen molar-refractivity contribution in [3.63, 3.8) is 0 Å². The topological polar surface area (TPSA) is 24.9 Å². The molecule has 0 aliphatic heterocycles. The van der Waals surface area contributed by atoms with Gasteiger partial charge in [-0.05, 0) is 294 Å². The molecule has 4 nitrogen and oxygen atoms in total. The average molecular weight is 1490 g/mol. The average Bonchev–Trinajstić information content (AvgIpc) is 1.50. The zero-order valence-electron chi connectivity index (χ0n) is 64.4. The molecule has 0 saturated heterocycles.